The van der Waals surface area contributed by atoms with Crippen molar-refractivity contribution in [2.45, 2.75) is 20.0 Å². The number of hydrogen-bond acceptors (Lipinski definition) is 6. The molecule has 9 heteroatoms. The van der Waals surface area contributed by atoms with Gasteiger partial charge >= 0.3 is 6.03 Å². The predicted octanol–water partition coefficient (Wildman–Crippen LogP) is 4.41. The third-order valence-electron chi connectivity index (χ3n) is 4.13. The molecular weight excluding hydrogens is 408 g/mol. The Morgan fingerprint density at radius 2 is 1.93 bits per heavy atom. The second-order valence-corrected chi connectivity index (χ2v) is 6.81. The lowest BCUT2D eigenvalue weighted by Crippen LogP contribution is -2.33. The summed E-state index contributed by atoms with van der Waals surface area (Å²) < 4.78 is 16.3. The Bertz CT molecular complexity index is 962. The van der Waals surface area contributed by atoms with Gasteiger partial charge < -0.3 is 24.2 Å². The van der Waals surface area contributed by atoms with Gasteiger partial charge in [0.15, 0.2) is 12.4 Å². The molecule has 0 bridgehead atoms. The molecule has 0 unspecified atom stereocenters. The zero-order chi connectivity index (χ0) is 21.3. The quantitative estimate of drug-likeness (QED) is 0.541. The van der Waals surface area contributed by atoms with Crippen LogP contribution in [0.4, 0.5) is 10.5 Å². The minimum atomic E-state index is -0.253. The van der Waals surface area contributed by atoms with Crippen LogP contribution in [0.5, 0.6) is 11.5 Å². The monoisotopic (exact) mass is 430 g/mol. The third kappa shape index (κ3) is 6.12. The molecule has 2 aromatic carbocycles. The number of rotatable bonds is 9. The van der Waals surface area contributed by atoms with E-state index >= 15 is 0 Å². The summed E-state index contributed by atoms with van der Waals surface area (Å²) in [5, 5.41) is 7.41. The molecule has 2 amide bonds. The van der Waals surface area contributed by atoms with Crippen molar-refractivity contribution < 1.29 is 18.8 Å². The van der Waals surface area contributed by atoms with E-state index in [2.05, 4.69) is 15.5 Å². The maximum atomic E-state index is 12.4. The van der Waals surface area contributed by atoms with Crippen molar-refractivity contribution in [2.24, 2.45) is 0 Å². The van der Waals surface area contributed by atoms with E-state index in [1.165, 1.54) is 0 Å². The molecule has 0 fully saturated rings. The maximum absolute atomic E-state index is 12.4. The van der Waals surface area contributed by atoms with E-state index in [1.54, 1.807) is 42.3 Å². The molecule has 3 rings (SSSR count). The van der Waals surface area contributed by atoms with E-state index in [4.69, 9.17) is 25.6 Å². The molecule has 30 heavy (non-hydrogen) atoms. The van der Waals surface area contributed by atoms with E-state index in [0.717, 1.165) is 0 Å². The van der Waals surface area contributed by atoms with E-state index in [9.17, 15) is 4.79 Å². The molecule has 0 saturated heterocycles. The number of likely N-dealkylation sites (N-methyl/N-ethyl adjacent to an activating group) is 1. The number of halogens is 1. The van der Waals surface area contributed by atoms with Gasteiger partial charge in [-0.15, -0.1) is 0 Å². The number of ether oxygens (including phenoxy) is 2. The number of urea groups is 1. The highest BCUT2D eigenvalue weighted by molar-refractivity contribution is 6.30. The summed E-state index contributed by atoms with van der Waals surface area (Å²) in [6.07, 6.45) is 0.446. The number of carbonyl (C=O) groups excluding carboxylic acids is 1. The number of aromatic nitrogens is 2. The zero-order valence-corrected chi connectivity index (χ0v) is 17.6. The third-order valence-corrected chi connectivity index (χ3v) is 4.38. The summed E-state index contributed by atoms with van der Waals surface area (Å²) in [6, 6.07) is 14.0. The highest BCUT2D eigenvalue weighted by Crippen LogP contribution is 2.24. The van der Waals surface area contributed by atoms with Gasteiger partial charge in [0.25, 0.3) is 5.89 Å². The second kappa shape index (κ2) is 10.5. The SMILES string of the molecule is CCOc1ccccc1NC(=O)N(C)CCc1noc(COc2ccc(Cl)cc2)n1. The van der Waals surface area contributed by atoms with Crippen LogP contribution in [0.3, 0.4) is 0 Å². The first-order valence-corrected chi connectivity index (χ1v) is 9.86. The van der Waals surface area contributed by atoms with Crippen molar-refractivity contribution in [3.8, 4) is 11.5 Å². The Labute approximate surface area is 179 Å². The molecule has 1 N–H and O–H groups in total. The predicted molar refractivity (Wildman–Crippen MR) is 113 cm³/mol. The molecule has 0 aliphatic heterocycles. The van der Waals surface area contributed by atoms with Crippen LogP contribution < -0.4 is 14.8 Å². The average Bonchev–Trinajstić information content (AvgIpc) is 3.21. The van der Waals surface area contributed by atoms with Crippen molar-refractivity contribution in [1.82, 2.24) is 15.0 Å². The van der Waals surface area contributed by atoms with Crippen LogP contribution in [-0.2, 0) is 13.0 Å². The van der Waals surface area contributed by atoms with Gasteiger partial charge in [-0.25, -0.2) is 4.79 Å². The minimum Gasteiger partial charge on any atom is -0.492 e. The first-order chi connectivity index (χ1) is 14.5. The van der Waals surface area contributed by atoms with Gasteiger partial charge in [-0.2, -0.15) is 4.98 Å². The normalized spacial score (nSPS) is 10.5. The number of carbonyl (C=O) groups is 1. The Balaban J connectivity index is 1.47. The lowest BCUT2D eigenvalue weighted by atomic mass is 10.3. The fourth-order valence-corrected chi connectivity index (χ4v) is 2.68. The zero-order valence-electron chi connectivity index (χ0n) is 16.8. The van der Waals surface area contributed by atoms with Gasteiger partial charge in [-0.1, -0.05) is 28.9 Å². The summed E-state index contributed by atoms with van der Waals surface area (Å²) >= 11 is 5.85. The number of para-hydroxylation sites is 2. The smallest absolute Gasteiger partial charge is 0.321 e. The van der Waals surface area contributed by atoms with Gasteiger partial charge in [0, 0.05) is 25.0 Å². The molecule has 0 aliphatic carbocycles. The lowest BCUT2D eigenvalue weighted by Gasteiger charge is -2.18. The highest BCUT2D eigenvalue weighted by atomic mass is 35.5. The average molecular weight is 431 g/mol. The Morgan fingerprint density at radius 1 is 1.17 bits per heavy atom. The second-order valence-electron chi connectivity index (χ2n) is 6.38. The van der Waals surface area contributed by atoms with Crippen LogP contribution in [0.15, 0.2) is 53.1 Å². The van der Waals surface area contributed by atoms with E-state index in [0.29, 0.717) is 53.5 Å². The molecule has 158 valence electrons. The highest BCUT2D eigenvalue weighted by Gasteiger charge is 2.14. The molecule has 1 heterocycles. The maximum Gasteiger partial charge on any atom is 0.321 e. The summed E-state index contributed by atoms with van der Waals surface area (Å²) in [7, 11) is 1.70. The molecule has 3 aromatic rings. The fourth-order valence-electron chi connectivity index (χ4n) is 2.56. The Hall–Kier alpha value is -3.26. The first kappa shape index (κ1) is 21.4. The molecular formula is C21H23ClN4O4. The molecule has 0 spiro atoms. The molecule has 0 atom stereocenters. The number of anilines is 1. The lowest BCUT2D eigenvalue weighted by molar-refractivity contribution is 0.222. The minimum absolute atomic E-state index is 0.152. The molecule has 0 radical (unpaired) electrons. The number of hydrogen-bond donors (Lipinski definition) is 1. The van der Waals surface area contributed by atoms with Crippen LogP contribution in [0.2, 0.25) is 5.02 Å². The fraction of sp³-hybridized carbons (Fsp3) is 0.286. The molecule has 0 saturated carbocycles. The van der Waals surface area contributed by atoms with Crippen molar-refractivity contribution in [2.75, 3.05) is 25.5 Å². The van der Waals surface area contributed by atoms with Gasteiger partial charge in [0.05, 0.1) is 12.3 Å². The van der Waals surface area contributed by atoms with Crippen LogP contribution >= 0.6 is 11.6 Å². The van der Waals surface area contributed by atoms with E-state index in [1.807, 2.05) is 25.1 Å². The summed E-state index contributed by atoms with van der Waals surface area (Å²) in [5.74, 6) is 2.14. The number of benzene rings is 2. The van der Waals surface area contributed by atoms with Gasteiger partial charge in [-0.05, 0) is 43.3 Å². The van der Waals surface area contributed by atoms with E-state index in [-0.39, 0.29) is 12.6 Å². The number of nitrogens with zero attached hydrogens (tertiary/aromatic N) is 3. The Kier molecular flexibility index (Phi) is 7.51. The van der Waals surface area contributed by atoms with Crippen molar-refractivity contribution in [1.29, 1.82) is 0 Å². The summed E-state index contributed by atoms with van der Waals surface area (Å²) in [6.45, 7) is 2.98. The Morgan fingerprint density at radius 3 is 2.70 bits per heavy atom. The largest absolute Gasteiger partial charge is 0.492 e. The van der Waals surface area contributed by atoms with E-state index < -0.39 is 0 Å². The standard InChI is InChI=1S/C21H23ClN4O4/c1-3-28-18-7-5-4-6-17(18)23-21(27)26(2)13-12-19-24-20(30-25-19)14-29-16-10-8-15(22)9-11-16/h4-11H,3,12-14H2,1-2H3,(H,23,27). The first-order valence-electron chi connectivity index (χ1n) is 9.49. The van der Waals surface area contributed by atoms with Crippen LogP contribution in [0.25, 0.3) is 0 Å². The summed E-state index contributed by atoms with van der Waals surface area (Å²) in [4.78, 5) is 18.3. The van der Waals surface area contributed by atoms with Crippen molar-refractivity contribution in [3.63, 3.8) is 0 Å². The number of amides is 2. The van der Waals surface area contributed by atoms with Crippen LogP contribution in [-0.4, -0.2) is 41.3 Å². The molecule has 8 nitrogen and oxygen atoms in total. The summed E-state index contributed by atoms with van der Waals surface area (Å²) in [5.41, 5.74) is 0.623. The van der Waals surface area contributed by atoms with Crippen molar-refractivity contribution in [3.05, 3.63) is 65.3 Å². The van der Waals surface area contributed by atoms with Crippen LogP contribution in [0, 0.1) is 0 Å². The van der Waals surface area contributed by atoms with Gasteiger partial charge in [-0.3, -0.25) is 0 Å². The van der Waals surface area contributed by atoms with Crippen molar-refractivity contribution >= 4 is 23.3 Å². The molecule has 1 aromatic heterocycles. The number of nitrogens with one attached hydrogen (secondary N) is 1. The molecule has 0 aliphatic rings. The van der Waals surface area contributed by atoms with Gasteiger partial charge in [0.1, 0.15) is 11.5 Å². The van der Waals surface area contributed by atoms with Crippen LogP contribution in [0.1, 0.15) is 18.6 Å². The van der Waals surface area contributed by atoms with Gasteiger partial charge in [0.2, 0.25) is 0 Å². The topological polar surface area (TPSA) is 89.7 Å².